The van der Waals surface area contributed by atoms with Gasteiger partial charge < -0.3 is 10.4 Å². The van der Waals surface area contributed by atoms with Crippen molar-refractivity contribution >= 4 is 39.1 Å². The van der Waals surface area contributed by atoms with Crippen molar-refractivity contribution in [2.24, 2.45) is 5.14 Å². The monoisotopic (exact) mass is 345 g/mol. The molecule has 2 amide bonds. The number of halogens is 1. The predicted octanol–water partition coefficient (Wildman–Crippen LogP) is -0.356. The maximum absolute atomic E-state index is 12.0. The van der Waals surface area contributed by atoms with Crippen molar-refractivity contribution in [3.8, 4) is 0 Å². The lowest BCUT2D eigenvalue weighted by atomic mass is 10.3. The van der Waals surface area contributed by atoms with Crippen LogP contribution in [0.15, 0.2) is 34.9 Å². The van der Waals surface area contributed by atoms with Gasteiger partial charge in [-0.3, -0.25) is 14.5 Å². The van der Waals surface area contributed by atoms with Gasteiger partial charge in [0.25, 0.3) is 11.8 Å². The van der Waals surface area contributed by atoms with Crippen LogP contribution in [0.1, 0.15) is 0 Å². The summed E-state index contributed by atoms with van der Waals surface area (Å²) in [5, 5.41) is 16.6. The summed E-state index contributed by atoms with van der Waals surface area (Å²) in [6.07, 6.45) is 1.01. The molecule has 10 heteroatoms. The predicted molar refractivity (Wildman–Crippen MR) is 78.3 cm³/mol. The van der Waals surface area contributed by atoms with E-state index in [2.05, 4.69) is 5.32 Å². The second kappa shape index (κ2) is 6.05. The van der Waals surface area contributed by atoms with Gasteiger partial charge in [-0.15, -0.1) is 0 Å². The molecule has 2 rings (SSSR count). The minimum atomic E-state index is -4.08. The Hall–Kier alpha value is -1.94. The van der Waals surface area contributed by atoms with Crippen LogP contribution in [0.5, 0.6) is 0 Å². The third-order valence-corrected chi connectivity index (χ3v) is 4.04. The highest BCUT2D eigenvalue weighted by Crippen LogP contribution is 2.26. The van der Waals surface area contributed by atoms with E-state index in [9.17, 15) is 18.0 Å². The third kappa shape index (κ3) is 3.28. The van der Waals surface area contributed by atoms with E-state index in [1.165, 1.54) is 12.1 Å². The number of carbonyl (C=O) groups excluding carboxylic acids is 2. The number of nitrogens with one attached hydrogen (secondary N) is 1. The normalized spacial score (nSPS) is 15.2. The van der Waals surface area contributed by atoms with Crippen molar-refractivity contribution < 1.29 is 23.1 Å². The summed E-state index contributed by atoms with van der Waals surface area (Å²) in [4.78, 5) is 24.1. The number of sulfonamides is 1. The van der Waals surface area contributed by atoms with Crippen LogP contribution in [0.25, 0.3) is 0 Å². The van der Waals surface area contributed by atoms with Gasteiger partial charge >= 0.3 is 0 Å². The molecule has 22 heavy (non-hydrogen) atoms. The number of β-amino-alcohol motifs (C(OH)–C–C–N with tert-alkyl or cyclic N) is 1. The maximum atomic E-state index is 12.0. The van der Waals surface area contributed by atoms with Gasteiger partial charge in [0.1, 0.15) is 10.6 Å². The molecule has 118 valence electrons. The molecule has 8 nitrogen and oxygen atoms in total. The van der Waals surface area contributed by atoms with Gasteiger partial charge in [-0.05, 0) is 18.2 Å². The van der Waals surface area contributed by atoms with Gasteiger partial charge in [0.2, 0.25) is 10.0 Å². The first-order valence-corrected chi connectivity index (χ1v) is 7.94. The largest absolute Gasteiger partial charge is 0.395 e. The number of nitrogens with two attached hydrogens (primary N) is 1. The minimum Gasteiger partial charge on any atom is -0.395 e. The second-order valence-electron chi connectivity index (χ2n) is 4.39. The van der Waals surface area contributed by atoms with Crippen molar-refractivity contribution in [1.82, 2.24) is 4.90 Å². The molecule has 0 saturated heterocycles. The number of rotatable bonds is 5. The molecule has 0 aromatic heterocycles. The Balaban J connectivity index is 2.35. The van der Waals surface area contributed by atoms with Gasteiger partial charge in [-0.2, -0.15) is 0 Å². The summed E-state index contributed by atoms with van der Waals surface area (Å²) in [6.45, 7) is -0.524. The van der Waals surface area contributed by atoms with Crippen LogP contribution >= 0.6 is 11.6 Å². The SMILES string of the molecule is NS(=O)(=O)c1cc(Cl)ccc1NC1=CC(=O)N(CCO)C1=O. The van der Waals surface area contributed by atoms with E-state index in [-0.39, 0.29) is 34.5 Å². The molecule has 1 aromatic carbocycles. The zero-order valence-corrected chi connectivity index (χ0v) is 12.7. The Morgan fingerprint density at radius 2 is 2.00 bits per heavy atom. The Morgan fingerprint density at radius 3 is 2.59 bits per heavy atom. The molecule has 0 spiro atoms. The van der Waals surface area contributed by atoms with Gasteiger partial charge in [-0.25, -0.2) is 13.6 Å². The first-order valence-electron chi connectivity index (χ1n) is 6.02. The Bertz CT molecular complexity index is 775. The average molecular weight is 346 g/mol. The molecule has 0 bridgehead atoms. The van der Waals surface area contributed by atoms with Gasteiger partial charge in [0.05, 0.1) is 18.8 Å². The fourth-order valence-electron chi connectivity index (χ4n) is 1.89. The van der Waals surface area contributed by atoms with Gasteiger partial charge in [0, 0.05) is 11.1 Å². The van der Waals surface area contributed by atoms with Crippen LogP contribution in [0.2, 0.25) is 5.02 Å². The van der Waals surface area contributed by atoms with Crippen LogP contribution in [-0.2, 0) is 19.6 Å². The maximum Gasteiger partial charge on any atom is 0.277 e. The first kappa shape index (κ1) is 16.4. The van der Waals surface area contributed by atoms with Gasteiger partial charge in [0.15, 0.2) is 0 Å². The number of primary sulfonamides is 1. The molecule has 1 aliphatic rings. The topological polar surface area (TPSA) is 130 Å². The fourth-order valence-corrected chi connectivity index (χ4v) is 2.84. The van der Waals surface area contributed by atoms with E-state index >= 15 is 0 Å². The summed E-state index contributed by atoms with van der Waals surface area (Å²) >= 11 is 5.74. The Kier molecular flexibility index (Phi) is 4.52. The summed E-state index contributed by atoms with van der Waals surface area (Å²) in [7, 11) is -4.08. The molecule has 1 heterocycles. The lowest BCUT2D eigenvalue weighted by Crippen LogP contribution is -2.34. The number of carbonyl (C=O) groups is 2. The lowest BCUT2D eigenvalue weighted by molar-refractivity contribution is -0.137. The Labute approximate surface area is 131 Å². The number of nitrogens with zero attached hydrogens (tertiary/aromatic N) is 1. The van der Waals surface area contributed by atoms with Crippen molar-refractivity contribution in [3.05, 3.63) is 35.0 Å². The number of aliphatic hydroxyl groups excluding tert-OH is 1. The number of imide groups is 1. The van der Waals surface area contributed by atoms with Crippen molar-refractivity contribution in [1.29, 1.82) is 0 Å². The number of hydrogen-bond donors (Lipinski definition) is 3. The van der Waals surface area contributed by atoms with Crippen molar-refractivity contribution in [2.45, 2.75) is 4.90 Å². The van der Waals surface area contributed by atoms with Crippen LogP contribution < -0.4 is 10.5 Å². The Morgan fingerprint density at radius 1 is 1.32 bits per heavy atom. The van der Waals surface area contributed by atoms with E-state index in [1.54, 1.807) is 0 Å². The number of anilines is 1. The van der Waals surface area contributed by atoms with Crippen LogP contribution in [0.4, 0.5) is 5.69 Å². The number of benzene rings is 1. The highest BCUT2D eigenvalue weighted by atomic mass is 35.5. The highest BCUT2D eigenvalue weighted by molar-refractivity contribution is 7.89. The second-order valence-corrected chi connectivity index (χ2v) is 6.35. The van der Waals surface area contributed by atoms with Crippen molar-refractivity contribution in [2.75, 3.05) is 18.5 Å². The smallest absolute Gasteiger partial charge is 0.277 e. The number of amides is 2. The number of hydrogen-bond acceptors (Lipinski definition) is 6. The lowest BCUT2D eigenvalue weighted by Gasteiger charge is -2.14. The van der Waals surface area contributed by atoms with Crippen molar-refractivity contribution in [3.63, 3.8) is 0 Å². The summed E-state index contributed by atoms with van der Waals surface area (Å²) in [5.74, 6) is -1.28. The molecule has 1 aliphatic heterocycles. The third-order valence-electron chi connectivity index (χ3n) is 2.85. The van der Waals surface area contributed by atoms with Crippen LogP contribution in [0, 0.1) is 0 Å². The zero-order valence-electron chi connectivity index (χ0n) is 11.1. The molecular weight excluding hydrogens is 334 g/mol. The summed E-state index contributed by atoms with van der Waals surface area (Å²) < 4.78 is 23.1. The van der Waals surface area contributed by atoms with E-state index in [0.717, 1.165) is 17.0 Å². The quantitative estimate of drug-likeness (QED) is 0.625. The standard InChI is InChI=1S/C12H12ClN3O5S/c13-7-1-2-8(10(5-7)22(14,20)21)15-9-6-11(18)16(3-4-17)12(9)19/h1-2,5-6,15,17H,3-4H2,(H2,14,20,21). The molecular formula is C12H12ClN3O5S. The average Bonchev–Trinajstić information content (AvgIpc) is 2.68. The molecule has 4 N–H and O–H groups in total. The van der Waals surface area contributed by atoms with E-state index < -0.39 is 21.8 Å². The van der Waals surface area contributed by atoms with E-state index in [0.29, 0.717) is 0 Å². The minimum absolute atomic E-state index is 0.0187. The van der Waals surface area contributed by atoms with Crippen LogP contribution in [-0.4, -0.2) is 43.4 Å². The highest BCUT2D eigenvalue weighted by Gasteiger charge is 2.31. The van der Waals surface area contributed by atoms with Crippen LogP contribution in [0.3, 0.4) is 0 Å². The summed E-state index contributed by atoms with van der Waals surface area (Å²) in [6, 6.07) is 3.87. The van der Waals surface area contributed by atoms with E-state index in [4.69, 9.17) is 21.8 Å². The number of aliphatic hydroxyl groups is 1. The molecule has 1 aromatic rings. The molecule has 0 radical (unpaired) electrons. The molecule has 0 atom stereocenters. The molecule has 0 aliphatic carbocycles. The first-order chi connectivity index (χ1) is 10.2. The molecule has 0 fully saturated rings. The van der Waals surface area contributed by atoms with E-state index in [1.807, 2.05) is 0 Å². The molecule has 0 unspecified atom stereocenters. The van der Waals surface area contributed by atoms with Gasteiger partial charge in [-0.1, -0.05) is 11.6 Å². The molecule has 0 saturated carbocycles. The fraction of sp³-hybridized carbons (Fsp3) is 0.167. The summed E-state index contributed by atoms with van der Waals surface area (Å²) in [5.41, 5.74) is -0.101. The zero-order chi connectivity index (χ0) is 16.5.